The zero-order chi connectivity index (χ0) is 13.8. The Balaban J connectivity index is 1.84. The fourth-order valence-electron chi connectivity index (χ4n) is 2.25. The summed E-state index contributed by atoms with van der Waals surface area (Å²) in [6.45, 7) is 3.33. The van der Waals surface area contributed by atoms with Gasteiger partial charge < -0.3 is 19.7 Å². The van der Waals surface area contributed by atoms with Crippen molar-refractivity contribution in [2.75, 3.05) is 13.2 Å². The summed E-state index contributed by atoms with van der Waals surface area (Å²) < 4.78 is 6.84. The van der Waals surface area contributed by atoms with Gasteiger partial charge in [-0.1, -0.05) is 0 Å². The highest BCUT2D eigenvalue weighted by atomic mass is 16.5. The highest BCUT2D eigenvalue weighted by Gasteiger charge is 2.24. The summed E-state index contributed by atoms with van der Waals surface area (Å²) in [5, 5.41) is 11.8. The van der Waals surface area contributed by atoms with Crippen LogP contribution in [0.4, 0.5) is 0 Å². The van der Waals surface area contributed by atoms with Gasteiger partial charge in [-0.2, -0.15) is 0 Å². The van der Waals surface area contributed by atoms with Crippen LogP contribution in [0.1, 0.15) is 23.8 Å². The van der Waals surface area contributed by atoms with Crippen LogP contribution in [0.5, 0.6) is 0 Å². The topological polar surface area (TPSA) is 80.6 Å². The maximum atomic E-state index is 11.8. The van der Waals surface area contributed by atoms with Crippen molar-refractivity contribution in [1.29, 1.82) is 0 Å². The predicted molar refractivity (Wildman–Crippen MR) is 67.9 cm³/mol. The van der Waals surface area contributed by atoms with Gasteiger partial charge in [0, 0.05) is 25.3 Å². The normalized spacial score (nSPS) is 22.4. The molecule has 1 fully saturated rings. The molecule has 104 valence electrons. The first-order valence-corrected chi connectivity index (χ1v) is 6.34. The average Bonchev–Trinajstić information content (AvgIpc) is 2.95. The zero-order valence-electron chi connectivity index (χ0n) is 10.8. The van der Waals surface area contributed by atoms with Crippen LogP contribution in [0.2, 0.25) is 0 Å². The Morgan fingerprint density at radius 3 is 3.00 bits per heavy atom. The summed E-state index contributed by atoms with van der Waals surface area (Å²) in [5.41, 5.74) is 0.118. The minimum absolute atomic E-state index is 0.0244. The molecule has 19 heavy (non-hydrogen) atoms. The second kappa shape index (κ2) is 5.88. The number of carbonyl (C=O) groups is 2. The van der Waals surface area contributed by atoms with Gasteiger partial charge in [-0.3, -0.25) is 4.79 Å². The van der Waals surface area contributed by atoms with E-state index in [0.29, 0.717) is 12.5 Å². The largest absolute Gasteiger partial charge is 0.477 e. The molecule has 0 aromatic carbocycles. The van der Waals surface area contributed by atoms with Crippen molar-refractivity contribution >= 4 is 11.9 Å². The Bertz CT molecular complexity index is 469. The van der Waals surface area contributed by atoms with Crippen molar-refractivity contribution in [3.05, 3.63) is 24.0 Å². The number of nitrogens with zero attached hydrogens (tertiary/aromatic N) is 1. The Morgan fingerprint density at radius 1 is 1.58 bits per heavy atom. The van der Waals surface area contributed by atoms with E-state index in [9.17, 15) is 9.59 Å². The first-order valence-electron chi connectivity index (χ1n) is 6.34. The first kappa shape index (κ1) is 13.6. The number of aromatic nitrogens is 1. The molecule has 1 saturated heterocycles. The minimum atomic E-state index is -1.03. The lowest BCUT2D eigenvalue weighted by Crippen LogP contribution is -2.34. The molecular formula is C13H18N2O4. The van der Waals surface area contributed by atoms with Gasteiger partial charge in [-0.05, 0) is 25.5 Å². The number of amides is 1. The molecule has 6 heteroatoms. The van der Waals surface area contributed by atoms with Gasteiger partial charge in [-0.15, -0.1) is 0 Å². The number of carboxylic acids is 1. The van der Waals surface area contributed by atoms with Gasteiger partial charge in [-0.25, -0.2) is 4.79 Å². The monoisotopic (exact) mass is 266 g/mol. The molecule has 1 amide bonds. The Labute approximate surface area is 111 Å². The number of carboxylic acid groups (broad SMARTS) is 1. The van der Waals surface area contributed by atoms with Gasteiger partial charge in [0.15, 0.2) is 0 Å². The van der Waals surface area contributed by atoms with Gasteiger partial charge in [0.05, 0.1) is 6.10 Å². The van der Waals surface area contributed by atoms with E-state index in [-0.39, 0.29) is 24.2 Å². The molecule has 0 spiro atoms. The average molecular weight is 266 g/mol. The number of carbonyl (C=O) groups excluding carboxylic acids is 1. The predicted octanol–water partition coefficient (Wildman–Crippen LogP) is 0.727. The lowest BCUT2D eigenvalue weighted by molar-refractivity contribution is -0.121. The van der Waals surface area contributed by atoms with Crippen LogP contribution >= 0.6 is 0 Å². The lowest BCUT2D eigenvalue weighted by Gasteiger charge is -2.15. The molecule has 0 bridgehead atoms. The van der Waals surface area contributed by atoms with Crippen molar-refractivity contribution in [3.8, 4) is 0 Å². The van der Waals surface area contributed by atoms with Crippen LogP contribution in [-0.2, 0) is 16.1 Å². The number of aromatic carboxylic acids is 1. The standard InChI is InChI=1S/C13H18N2O4/c1-9-10(4-6-19-9)7-14-12(16)8-15-5-2-3-11(15)13(17)18/h2-3,5,9-10H,4,6-8H2,1H3,(H,14,16)(H,17,18). The summed E-state index contributed by atoms with van der Waals surface area (Å²) in [5.74, 6) is -0.874. The number of hydrogen-bond donors (Lipinski definition) is 2. The third-order valence-corrected chi connectivity index (χ3v) is 3.46. The lowest BCUT2D eigenvalue weighted by atomic mass is 10.0. The number of hydrogen-bond acceptors (Lipinski definition) is 3. The molecule has 2 N–H and O–H groups in total. The molecule has 1 aromatic rings. The van der Waals surface area contributed by atoms with Gasteiger partial charge >= 0.3 is 5.97 Å². The summed E-state index contributed by atoms with van der Waals surface area (Å²) in [6, 6.07) is 3.09. The smallest absolute Gasteiger partial charge is 0.352 e. The summed E-state index contributed by atoms with van der Waals surface area (Å²) in [6.07, 6.45) is 2.71. The van der Waals surface area contributed by atoms with Gasteiger partial charge in [0.1, 0.15) is 12.2 Å². The van der Waals surface area contributed by atoms with E-state index in [1.165, 1.54) is 10.6 Å². The van der Waals surface area contributed by atoms with Crippen LogP contribution < -0.4 is 5.32 Å². The van der Waals surface area contributed by atoms with Gasteiger partial charge in [0.25, 0.3) is 0 Å². The minimum Gasteiger partial charge on any atom is -0.477 e. The molecule has 0 radical (unpaired) electrons. The number of nitrogens with one attached hydrogen (secondary N) is 1. The van der Waals surface area contributed by atoms with Crippen molar-refractivity contribution in [2.45, 2.75) is 26.0 Å². The molecule has 1 aromatic heterocycles. The SMILES string of the molecule is CC1OCCC1CNC(=O)Cn1cccc1C(=O)O. The fourth-order valence-corrected chi connectivity index (χ4v) is 2.25. The fraction of sp³-hybridized carbons (Fsp3) is 0.538. The molecule has 2 heterocycles. The number of ether oxygens (including phenoxy) is 1. The van der Waals surface area contributed by atoms with Crippen LogP contribution in [0.15, 0.2) is 18.3 Å². The van der Waals surface area contributed by atoms with Crippen LogP contribution in [0, 0.1) is 5.92 Å². The highest BCUT2D eigenvalue weighted by molar-refractivity contribution is 5.86. The second-order valence-electron chi connectivity index (χ2n) is 4.76. The third-order valence-electron chi connectivity index (χ3n) is 3.46. The summed E-state index contributed by atoms with van der Waals surface area (Å²) in [4.78, 5) is 22.7. The van der Waals surface area contributed by atoms with Gasteiger partial charge in [0.2, 0.25) is 5.91 Å². The molecule has 0 saturated carbocycles. The van der Waals surface area contributed by atoms with Crippen molar-refractivity contribution < 1.29 is 19.4 Å². The second-order valence-corrected chi connectivity index (χ2v) is 4.76. The molecule has 0 aliphatic carbocycles. The van der Waals surface area contributed by atoms with E-state index in [1.54, 1.807) is 12.3 Å². The van der Waals surface area contributed by atoms with E-state index >= 15 is 0 Å². The molecule has 2 unspecified atom stereocenters. The first-order chi connectivity index (χ1) is 9.08. The number of rotatable bonds is 5. The molecule has 6 nitrogen and oxygen atoms in total. The van der Waals surface area contributed by atoms with E-state index in [4.69, 9.17) is 9.84 Å². The third kappa shape index (κ3) is 3.35. The van der Waals surface area contributed by atoms with Crippen LogP contribution in [0.3, 0.4) is 0 Å². The quantitative estimate of drug-likeness (QED) is 0.823. The molecule has 2 rings (SSSR count). The molecule has 2 atom stereocenters. The van der Waals surface area contributed by atoms with E-state index in [0.717, 1.165) is 13.0 Å². The molecule has 1 aliphatic rings. The van der Waals surface area contributed by atoms with Crippen LogP contribution in [-0.4, -0.2) is 40.8 Å². The van der Waals surface area contributed by atoms with Crippen molar-refractivity contribution in [2.24, 2.45) is 5.92 Å². The van der Waals surface area contributed by atoms with E-state index in [1.807, 2.05) is 6.92 Å². The molecular weight excluding hydrogens is 248 g/mol. The van der Waals surface area contributed by atoms with E-state index in [2.05, 4.69) is 5.32 Å². The molecule has 1 aliphatic heterocycles. The summed E-state index contributed by atoms with van der Waals surface area (Å²) >= 11 is 0. The maximum Gasteiger partial charge on any atom is 0.352 e. The highest BCUT2D eigenvalue weighted by Crippen LogP contribution is 2.19. The van der Waals surface area contributed by atoms with Crippen molar-refractivity contribution in [3.63, 3.8) is 0 Å². The van der Waals surface area contributed by atoms with Crippen LogP contribution in [0.25, 0.3) is 0 Å². The van der Waals surface area contributed by atoms with E-state index < -0.39 is 5.97 Å². The zero-order valence-corrected chi connectivity index (χ0v) is 10.8. The van der Waals surface area contributed by atoms with Crippen molar-refractivity contribution in [1.82, 2.24) is 9.88 Å². The Kier molecular flexibility index (Phi) is 4.21. The summed E-state index contributed by atoms with van der Waals surface area (Å²) in [7, 11) is 0. The Hall–Kier alpha value is -1.82. The Morgan fingerprint density at radius 2 is 2.37 bits per heavy atom. The maximum absolute atomic E-state index is 11.8.